The van der Waals surface area contributed by atoms with Crippen LogP contribution in [0.2, 0.25) is 0 Å². The molecule has 1 saturated heterocycles. The molecule has 1 aliphatic heterocycles. The molecule has 5 nitrogen and oxygen atoms in total. The van der Waals surface area contributed by atoms with Gasteiger partial charge in [-0.05, 0) is 48.9 Å². The normalized spacial score (nSPS) is 14.9. The van der Waals surface area contributed by atoms with Gasteiger partial charge in [0.1, 0.15) is 18.1 Å². The van der Waals surface area contributed by atoms with Crippen molar-refractivity contribution in [1.82, 2.24) is 9.88 Å². The molecule has 2 heterocycles. The molecule has 0 bridgehead atoms. The molecule has 0 amide bonds. The van der Waals surface area contributed by atoms with Crippen LogP contribution < -0.4 is 9.47 Å². The van der Waals surface area contributed by atoms with Gasteiger partial charge in [0.25, 0.3) is 0 Å². The zero-order valence-corrected chi connectivity index (χ0v) is 16.5. The van der Waals surface area contributed by atoms with E-state index in [1.165, 1.54) is 5.56 Å². The van der Waals surface area contributed by atoms with Crippen LogP contribution in [0.15, 0.2) is 48.5 Å². The summed E-state index contributed by atoms with van der Waals surface area (Å²) < 4.78 is 16.7. The standard InChI is InChI=1S/C23H26N2O3/c1-17-14-23(24-22-7-6-19(26-2)16-21(17)22)18-4-3-5-20(15-18)28-13-10-25-8-11-27-12-9-25/h3-7,14-16H,8-13H2,1-2H3. The summed E-state index contributed by atoms with van der Waals surface area (Å²) in [5, 5.41) is 1.11. The van der Waals surface area contributed by atoms with Gasteiger partial charge in [0.15, 0.2) is 0 Å². The Kier molecular flexibility index (Phi) is 5.74. The SMILES string of the molecule is COc1ccc2nc(-c3cccc(OCCN4CCOCC4)c3)cc(C)c2c1. The summed E-state index contributed by atoms with van der Waals surface area (Å²) in [4.78, 5) is 7.21. The molecule has 5 heteroatoms. The van der Waals surface area contributed by atoms with Crippen LogP contribution in [0.5, 0.6) is 11.5 Å². The van der Waals surface area contributed by atoms with E-state index in [4.69, 9.17) is 19.2 Å². The largest absolute Gasteiger partial charge is 0.497 e. The first-order valence-corrected chi connectivity index (χ1v) is 9.72. The first-order valence-electron chi connectivity index (χ1n) is 9.72. The van der Waals surface area contributed by atoms with Crippen molar-refractivity contribution in [3.63, 3.8) is 0 Å². The van der Waals surface area contributed by atoms with E-state index in [-0.39, 0.29) is 0 Å². The van der Waals surface area contributed by atoms with Gasteiger partial charge in [-0.15, -0.1) is 0 Å². The molecule has 0 aliphatic carbocycles. The monoisotopic (exact) mass is 378 g/mol. The third-order valence-corrected chi connectivity index (χ3v) is 5.13. The zero-order valence-electron chi connectivity index (χ0n) is 16.5. The molecule has 0 spiro atoms. The van der Waals surface area contributed by atoms with Gasteiger partial charge in [0.2, 0.25) is 0 Å². The van der Waals surface area contributed by atoms with Crippen LogP contribution in [0.1, 0.15) is 5.56 Å². The highest BCUT2D eigenvalue weighted by atomic mass is 16.5. The minimum absolute atomic E-state index is 0.674. The summed E-state index contributed by atoms with van der Waals surface area (Å²) in [6, 6.07) is 16.3. The van der Waals surface area contributed by atoms with Crippen molar-refractivity contribution < 1.29 is 14.2 Å². The van der Waals surface area contributed by atoms with E-state index >= 15 is 0 Å². The minimum atomic E-state index is 0.674. The maximum absolute atomic E-state index is 5.99. The molecule has 0 saturated carbocycles. The third kappa shape index (κ3) is 4.26. The van der Waals surface area contributed by atoms with Crippen LogP contribution in [0.4, 0.5) is 0 Å². The van der Waals surface area contributed by atoms with Gasteiger partial charge < -0.3 is 14.2 Å². The summed E-state index contributed by atoms with van der Waals surface area (Å²) in [6.45, 7) is 7.29. The quantitative estimate of drug-likeness (QED) is 0.650. The Labute approximate surface area is 165 Å². The second-order valence-electron chi connectivity index (χ2n) is 7.04. The van der Waals surface area contributed by atoms with Gasteiger partial charge in [-0.25, -0.2) is 4.98 Å². The average Bonchev–Trinajstić information content (AvgIpc) is 2.74. The maximum Gasteiger partial charge on any atom is 0.120 e. The van der Waals surface area contributed by atoms with E-state index in [0.717, 1.165) is 66.5 Å². The summed E-state index contributed by atoms with van der Waals surface area (Å²) in [5.74, 6) is 1.72. The smallest absolute Gasteiger partial charge is 0.120 e. The lowest BCUT2D eigenvalue weighted by atomic mass is 10.0. The lowest BCUT2D eigenvalue weighted by Gasteiger charge is -2.26. The fraction of sp³-hybridized carbons (Fsp3) is 0.348. The summed E-state index contributed by atoms with van der Waals surface area (Å²) in [5.41, 5.74) is 4.16. The van der Waals surface area contributed by atoms with Crippen LogP contribution in [-0.4, -0.2) is 56.4 Å². The second-order valence-corrected chi connectivity index (χ2v) is 7.04. The second kappa shape index (κ2) is 8.59. The van der Waals surface area contributed by atoms with Crippen molar-refractivity contribution >= 4 is 10.9 Å². The molecule has 1 aliphatic rings. The predicted octanol–water partition coefficient (Wildman–Crippen LogP) is 3.93. The Hall–Kier alpha value is -2.63. The van der Waals surface area contributed by atoms with Crippen molar-refractivity contribution in [2.45, 2.75) is 6.92 Å². The number of morpholine rings is 1. The van der Waals surface area contributed by atoms with Crippen molar-refractivity contribution in [2.75, 3.05) is 46.6 Å². The topological polar surface area (TPSA) is 43.8 Å². The fourth-order valence-corrected chi connectivity index (χ4v) is 3.51. The fourth-order valence-electron chi connectivity index (χ4n) is 3.51. The minimum Gasteiger partial charge on any atom is -0.497 e. The Morgan fingerprint density at radius 1 is 1.04 bits per heavy atom. The number of methoxy groups -OCH3 is 1. The van der Waals surface area contributed by atoms with Crippen LogP contribution in [0.3, 0.4) is 0 Å². The van der Waals surface area contributed by atoms with Gasteiger partial charge in [-0.3, -0.25) is 4.90 Å². The Bertz CT molecular complexity index is 952. The van der Waals surface area contributed by atoms with E-state index in [9.17, 15) is 0 Å². The van der Waals surface area contributed by atoms with Crippen molar-refractivity contribution in [1.29, 1.82) is 0 Å². The number of fused-ring (bicyclic) bond motifs is 1. The lowest BCUT2D eigenvalue weighted by molar-refractivity contribution is 0.0322. The Morgan fingerprint density at radius 3 is 2.71 bits per heavy atom. The third-order valence-electron chi connectivity index (χ3n) is 5.13. The lowest BCUT2D eigenvalue weighted by Crippen LogP contribution is -2.38. The van der Waals surface area contributed by atoms with Gasteiger partial charge in [-0.2, -0.15) is 0 Å². The van der Waals surface area contributed by atoms with Crippen molar-refractivity contribution in [3.8, 4) is 22.8 Å². The van der Waals surface area contributed by atoms with E-state index < -0.39 is 0 Å². The predicted molar refractivity (Wildman–Crippen MR) is 111 cm³/mol. The molecule has 146 valence electrons. The number of aromatic nitrogens is 1. The highest BCUT2D eigenvalue weighted by Crippen LogP contribution is 2.28. The summed E-state index contributed by atoms with van der Waals surface area (Å²) >= 11 is 0. The van der Waals surface area contributed by atoms with Gasteiger partial charge in [-0.1, -0.05) is 12.1 Å². The first-order chi connectivity index (χ1) is 13.7. The molecule has 4 rings (SSSR count). The van der Waals surface area contributed by atoms with Crippen LogP contribution in [-0.2, 0) is 4.74 Å². The number of ether oxygens (including phenoxy) is 3. The van der Waals surface area contributed by atoms with E-state index in [0.29, 0.717) is 6.61 Å². The number of nitrogens with zero attached hydrogens (tertiary/aromatic N) is 2. The Morgan fingerprint density at radius 2 is 1.89 bits per heavy atom. The van der Waals surface area contributed by atoms with E-state index in [1.807, 2.05) is 30.3 Å². The number of rotatable bonds is 6. The number of benzene rings is 2. The van der Waals surface area contributed by atoms with Crippen LogP contribution in [0.25, 0.3) is 22.2 Å². The first kappa shape index (κ1) is 18.7. The molecule has 2 aromatic carbocycles. The molecule has 1 aromatic heterocycles. The molecule has 0 unspecified atom stereocenters. The number of hydrogen-bond donors (Lipinski definition) is 0. The molecule has 3 aromatic rings. The van der Waals surface area contributed by atoms with Gasteiger partial charge in [0, 0.05) is 30.6 Å². The number of pyridine rings is 1. The van der Waals surface area contributed by atoms with Gasteiger partial charge in [0.05, 0.1) is 31.5 Å². The Balaban J connectivity index is 1.50. The van der Waals surface area contributed by atoms with E-state index in [2.05, 4.69) is 30.0 Å². The number of hydrogen-bond acceptors (Lipinski definition) is 5. The zero-order chi connectivity index (χ0) is 19.3. The number of aryl methyl sites for hydroxylation is 1. The highest BCUT2D eigenvalue weighted by Gasteiger charge is 2.10. The molecule has 1 fully saturated rings. The highest BCUT2D eigenvalue weighted by molar-refractivity contribution is 5.86. The summed E-state index contributed by atoms with van der Waals surface area (Å²) in [7, 11) is 1.68. The molecule has 0 radical (unpaired) electrons. The maximum atomic E-state index is 5.99. The van der Waals surface area contributed by atoms with Crippen LogP contribution >= 0.6 is 0 Å². The summed E-state index contributed by atoms with van der Waals surface area (Å²) in [6.07, 6.45) is 0. The molecule has 0 atom stereocenters. The average molecular weight is 378 g/mol. The van der Waals surface area contributed by atoms with Crippen molar-refractivity contribution in [2.24, 2.45) is 0 Å². The van der Waals surface area contributed by atoms with Crippen molar-refractivity contribution in [3.05, 3.63) is 54.1 Å². The van der Waals surface area contributed by atoms with E-state index in [1.54, 1.807) is 7.11 Å². The van der Waals surface area contributed by atoms with Crippen LogP contribution in [0, 0.1) is 6.92 Å². The molecular formula is C23H26N2O3. The molecular weight excluding hydrogens is 352 g/mol. The molecule has 0 N–H and O–H groups in total. The molecule has 28 heavy (non-hydrogen) atoms. The van der Waals surface area contributed by atoms with Gasteiger partial charge >= 0.3 is 0 Å².